The van der Waals surface area contributed by atoms with Crippen molar-refractivity contribution in [3.05, 3.63) is 0 Å². The van der Waals surface area contributed by atoms with E-state index in [1.54, 1.807) is 0 Å². The molecule has 68 valence electrons. The Bertz CT molecular complexity index is 187. The molecular weight excluding hydrogens is 152 g/mol. The fourth-order valence-corrected chi connectivity index (χ4v) is 2.08. The SMILES string of the molecule is CC1CCCC(CO)(NC#N)C1. The summed E-state index contributed by atoms with van der Waals surface area (Å²) in [5.41, 5.74) is -0.313. The van der Waals surface area contributed by atoms with Gasteiger partial charge in [-0.25, -0.2) is 0 Å². The van der Waals surface area contributed by atoms with Crippen LogP contribution in [0, 0.1) is 17.4 Å². The highest BCUT2D eigenvalue weighted by molar-refractivity contribution is 4.96. The molecule has 0 spiro atoms. The molecule has 0 aromatic carbocycles. The van der Waals surface area contributed by atoms with Crippen molar-refractivity contribution in [2.45, 2.75) is 38.1 Å². The summed E-state index contributed by atoms with van der Waals surface area (Å²) >= 11 is 0. The molecule has 0 heterocycles. The lowest BCUT2D eigenvalue weighted by Gasteiger charge is -2.37. The van der Waals surface area contributed by atoms with Crippen LogP contribution in [0.1, 0.15) is 32.6 Å². The lowest BCUT2D eigenvalue weighted by atomic mass is 9.77. The van der Waals surface area contributed by atoms with Crippen LogP contribution < -0.4 is 5.32 Å². The molecule has 1 rings (SSSR count). The molecule has 3 heteroatoms. The van der Waals surface area contributed by atoms with E-state index in [-0.39, 0.29) is 12.1 Å². The normalized spacial score (nSPS) is 35.6. The number of nitriles is 1. The lowest BCUT2D eigenvalue weighted by molar-refractivity contribution is 0.114. The zero-order chi connectivity index (χ0) is 9.03. The topological polar surface area (TPSA) is 56.0 Å². The maximum atomic E-state index is 9.18. The number of aliphatic hydroxyl groups is 1. The maximum Gasteiger partial charge on any atom is 0.177 e. The fraction of sp³-hybridized carbons (Fsp3) is 0.889. The van der Waals surface area contributed by atoms with Gasteiger partial charge >= 0.3 is 0 Å². The largest absolute Gasteiger partial charge is 0.394 e. The third-order valence-corrected chi connectivity index (χ3v) is 2.72. The molecule has 12 heavy (non-hydrogen) atoms. The van der Waals surface area contributed by atoms with E-state index in [1.807, 2.05) is 6.19 Å². The van der Waals surface area contributed by atoms with Crippen molar-refractivity contribution in [3.8, 4) is 6.19 Å². The summed E-state index contributed by atoms with van der Waals surface area (Å²) in [4.78, 5) is 0. The number of nitrogens with zero attached hydrogens (tertiary/aromatic N) is 1. The molecule has 1 aliphatic rings. The second-order valence-corrected chi connectivity index (χ2v) is 3.88. The highest BCUT2D eigenvalue weighted by Crippen LogP contribution is 2.31. The maximum absolute atomic E-state index is 9.18. The molecular formula is C9H16N2O. The Labute approximate surface area is 73.4 Å². The van der Waals surface area contributed by atoms with Crippen molar-refractivity contribution in [2.75, 3.05) is 6.61 Å². The molecule has 1 saturated carbocycles. The first kappa shape index (κ1) is 9.34. The zero-order valence-corrected chi connectivity index (χ0v) is 7.51. The molecule has 0 aromatic heterocycles. The molecule has 2 atom stereocenters. The average molecular weight is 168 g/mol. The van der Waals surface area contributed by atoms with Gasteiger partial charge in [0.2, 0.25) is 0 Å². The van der Waals surface area contributed by atoms with Crippen molar-refractivity contribution in [2.24, 2.45) is 5.92 Å². The van der Waals surface area contributed by atoms with Gasteiger partial charge in [-0.15, -0.1) is 0 Å². The lowest BCUT2D eigenvalue weighted by Crippen LogP contribution is -2.49. The predicted molar refractivity (Wildman–Crippen MR) is 46.2 cm³/mol. The summed E-state index contributed by atoms with van der Waals surface area (Å²) in [6.07, 6.45) is 6.10. The highest BCUT2D eigenvalue weighted by Gasteiger charge is 2.33. The molecule has 0 aliphatic heterocycles. The van der Waals surface area contributed by atoms with E-state index in [4.69, 9.17) is 5.26 Å². The van der Waals surface area contributed by atoms with Crippen LogP contribution in [0.25, 0.3) is 0 Å². The van der Waals surface area contributed by atoms with Gasteiger partial charge in [0.25, 0.3) is 0 Å². The van der Waals surface area contributed by atoms with E-state index in [9.17, 15) is 5.11 Å². The van der Waals surface area contributed by atoms with Gasteiger partial charge in [-0.2, -0.15) is 5.26 Å². The average Bonchev–Trinajstić information content (AvgIpc) is 2.05. The van der Waals surface area contributed by atoms with E-state index in [2.05, 4.69) is 12.2 Å². The predicted octanol–water partition coefficient (Wildman–Crippen LogP) is 0.998. The summed E-state index contributed by atoms with van der Waals surface area (Å²) in [6, 6.07) is 0. The Morgan fingerprint density at radius 3 is 3.00 bits per heavy atom. The van der Waals surface area contributed by atoms with Crippen molar-refractivity contribution < 1.29 is 5.11 Å². The Kier molecular flexibility index (Phi) is 2.93. The minimum Gasteiger partial charge on any atom is -0.394 e. The number of rotatable bonds is 2. The Morgan fingerprint density at radius 2 is 2.50 bits per heavy atom. The molecule has 0 radical (unpaired) electrons. The fourth-order valence-electron chi connectivity index (χ4n) is 2.08. The van der Waals surface area contributed by atoms with E-state index < -0.39 is 0 Å². The monoisotopic (exact) mass is 168 g/mol. The van der Waals surface area contributed by atoms with Crippen molar-refractivity contribution in [3.63, 3.8) is 0 Å². The van der Waals surface area contributed by atoms with Gasteiger partial charge in [0, 0.05) is 0 Å². The van der Waals surface area contributed by atoms with Crippen LogP contribution in [0.4, 0.5) is 0 Å². The standard InChI is InChI=1S/C9H16N2O/c1-8-3-2-4-9(5-8,6-12)11-7-10/h8,11-12H,2-6H2,1H3. The molecule has 2 unspecified atom stereocenters. The summed E-state index contributed by atoms with van der Waals surface area (Å²) in [5, 5.41) is 20.4. The number of nitrogens with one attached hydrogen (secondary N) is 1. The quantitative estimate of drug-likeness (QED) is 0.477. The van der Waals surface area contributed by atoms with Crippen LogP contribution in [-0.2, 0) is 0 Å². The van der Waals surface area contributed by atoms with Gasteiger partial charge in [0.05, 0.1) is 12.1 Å². The van der Waals surface area contributed by atoms with Crippen LogP contribution >= 0.6 is 0 Å². The van der Waals surface area contributed by atoms with Crippen molar-refractivity contribution in [1.82, 2.24) is 5.32 Å². The second-order valence-electron chi connectivity index (χ2n) is 3.88. The van der Waals surface area contributed by atoms with Crippen LogP contribution in [0.15, 0.2) is 0 Å². The Balaban J connectivity index is 2.59. The van der Waals surface area contributed by atoms with E-state index in [0.29, 0.717) is 5.92 Å². The summed E-state index contributed by atoms with van der Waals surface area (Å²) < 4.78 is 0. The van der Waals surface area contributed by atoms with Gasteiger partial charge in [-0.1, -0.05) is 19.8 Å². The summed E-state index contributed by atoms with van der Waals surface area (Å²) in [5.74, 6) is 0.617. The van der Waals surface area contributed by atoms with E-state index in [0.717, 1.165) is 19.3 Å². The van der Waals surface area contributed by atoms with Gasteiger partial charge < -0.3 is 10.4 Å². The third kappa shape index (κ3) is 1.89. The molecule has 1 fully saturated rings. The van der Waals surface area contributed by atoms with Crippen LogP contribution in [0.2, 0.25) is 0 Å². The summed E-state index contributed by atoms with van der Waals surface area (Å²) in [7, 11) is 0. The Morgan fingerprint density at radius 1 is 1.75 bits per heavy atom. The molecule has 1 aliphatic carbocycles. The summed E-state index contributed by atoms with van der Waals surface area (Å²) in [6.45, 7) is 2.24. The van der Waals surface area contributed by atoms with Crippen LogP contribution in [0.3, 0.4) is 0 Å². The van der Waals surface area contributed by atoms with E-state index in [1.165, 1.54) is 6.42 Å². The van der Waals surface area contributed by atoms with E-state index >= 15 is 0 Å². The van der Waals surface area contributed by atoms with Gasteiger partial charge in [0.15, 0.2) is 6.19 Å². The highest BCUT2D eigenvalue weighted by atomic mass is 16.3. The smallest absolute Gasteiger partial charge is 0.177 e. The van der Waals surface area contributed by atoms with Crippen LogP contribution in [0.5, 0.6) is 0 Å². The molecule has 0 saturated heterocycles. The van der Waals surface area contributed by atoms with Crippen molar-refractivity contribution >= 4 is 0 Å². The Hall–Kier alpha value is -0.750. The molecule has 0 aromatic rings. The van der Waals surface area contributed by atoms with Gasteiger partial charge in [-0.3, -0.25) is 0 Å². The number of aliphatic hydroxyl groups excluding tert-OH is 1. The first-order valence-electron chi connectivity index (χ1n) is 4.49. The third-order valence-electron chi connectivity index (χ3n) is 2.72. The van der Waals surface area contributed by atoms with Gasteiger partial charge in [-0.05, 0) is 18.8 Å². The number of hydrogen-bond donors (Lipinski definition) is 2. The minimum atomic E-state index is -0.313. The van der Waals surface area contributed by atoms with Crippen molar-refractivity contribution in [1.29, 1.82) is 5.26 Å². The molecule has 0 bridgehead atoms. The minimum absolute atomic E-state index is 0.0743. The first-order chi connectivity index (χ1) is 5.72. The number of hydrogen-bond acceptors (Lipinski definition) is 3. The van der Waals surface area contributed by atoms with Crippen LogP contribution in [-0.4, -0.2) is 17.3 Å². The first-order valence-corrected chi connectivity index (χ1v) is 4.49. The second kappa shape index (κ2) is 3.77. The van der Waals surface area contributed by atoms with Gasteiger partial charge in [0.1, 0.15) is 0 Å². The molecule has 0 amide bonds. The zero-order valence-electron chi connectivity index (χ0n) is 7.51. The molecule has 3 nitrogen and oxygen atoms in total. The molecule has 2 N–H and O–H groups in total.